The van der Waals surface area contributed by atoms with Crippen LogP contribution in [0.1, 0.15) is 39.5 Å². The molecule has 1 saturated heterocycles. The van der Waals surface area contributed by atoms with E-state index in [1.807, 2.05) is 32.0 Å². The number of aryl methyl sites for hydroxylation is 1. The minimum atomic E-state index is -0.728. The lowest BCUT2D eigenvalue weighted by atomic mass is 9.60. The van der Waals surface area contributed by atoms with Gasteiger partial charge in [0, 0.05) is 11.8 Å². The molecule has 0 spiro atoms. The Morgan fingerprint density at radius 2 is 1.92 bits per heavy atom. The third-order valence-electron chi connectivity index (χ3n) is 5.55. The summed E-state index contributed by atoms with van der Waals surface area (Å²) in [5.41, 5.74) is 5.19. The minimum absolute atomic E-state index is 0.0317. The first-order valence-electron chi connectivity index (χ1n) is 8.55. The number of carbonyl (C=O) groups excluding carboxylic acids is 1. The van der Waals surface area contributed by atoms with Gasteiger partial charge in [0.05, 0.1) is 25.1 Å². The van der Waals surface area contributed by atoms with Crippen molar-refractivity contribution in [2.75, 3.05) is 18.1 Å². The van der Waals surface area contributed by atoms with Crippen LogP contribution in [0.15, 0.2) is 30.6 Å². The first-order valence-corrected chi connectivity index (χ1v) is 8.55. The zero-order chi connectivity index (χ0) is 17.8. The molecule has 1 aromatic carbocycles. The topological polar surface area (TPSA) is 51.7 Å². The SMILES string of the molecule is Cc1cc2c(c(C)c1C)C(C)(B1OCCO1)N(c1cccnc1)C2=O. The van der Waals surface area contributed by atoms with Crippen molar-refractivity contribution in [3.8, 4) is 0 Å². The van der Waals surface area contributed by atoms with E-state index in [9.17, 15) is 4.79 Å². The van der Waals surface area contributed by atoms with Gasteiger partial charge in [0.1, 0.15) is 5.44 Å². The van der Waals surface area contributed by atoms with Gasteiger partial charge in [0.2, 0.25) is 0 Å². The van der Waals surface area contributed by atoms with Gasteiger partial charge in [-0.15, -0.1) is 0 Å². The summed E-state index contributed by atoms with van der Waals surface area (Å²) < 4.78 is 11.8. The van der Waals surface area contributed by atoms with Crippen molar-refractivity contribution in [1.29, 1.82) is 0 Å². The number of benzene rings is 1. The van der Waals surface area contributed by atoms with Crippen LogP contribution in [0.2, 0.25) is 0 Å². The van der Waals surface area contributed by atoms with Gasteiger partial charge in [-0.05, 0) is 68.1 Å². The molecule has 0 N–H and O–H groups in total. The van der Waals surface area contributed by atoms with Crippen LogP contribution in [0.5, 0.6) is 0 Å². The Kier molecular flexibility index (Phi) is 3.70. The molecule has 0 saturated carbocycles. The number of hydrogen-bond donors (Lipinski definition) is 0. The average molecular weight is 336 g/mol. The fourth-order valence-electron chi connectivity index (χ4n) is 4.12. The van der Waals surface area contributed by atoms with Crippen LogP contribution in [0.25, 0.3) is 0 Å². The second-order valence-corrected chi connectivity index (χ2v) is 6.94. The van der Waals surface area contributed by atoms with E-state index in [-0.39, 0.29) is 5.91 Å². The zero-order valence-corrected chi connectivity index (χ0v) is 15.0. The number of aromatic nitrogens is 1. The maximum Gasteiger partial charge on any atom is 0.489 e. The molecular weight excluding hydrogens is 315 g/mol. The first kappa shape index (κ1) is 16.3. The zero-order valence-electron chi connectivity index (χ0n) is 15.0. The predicted molar refractivity (Wildman–Crippen MR) is 96.7 cm³/mol. The number of amides is 1. The molecule has 4 rings (SSSR count). The quantitative estimate of drug-likeness (QED) is 0.792. The lowest BCUT2D eigenvalue weighted by Crippen LogP contribution is -2.54. The Balaban J connectivity index is 2.00. The van der Waals surface area contributed by atoms with Crippen LogP contribution in [-0.2, 0) is 14.7 Å². The molecule has 0 aliphatic carbocycles. The molecule has 0 radical (unpaired) electrons. The van der Waals surface area contributed by atoms with Crippen molar-refractivity contribution >= 4 is 18.7 Å². The highest BCUT2D eigenvalue weighted by molar-refractivity contribution is 6.52. The number of hydrogen-bond acceptors (Lipinski definition) is 4. The molecular formula is C19H21BN2O3. The number of rotatable bonds is 2. The molecule has 1 fully saturated rings. The first-order chi connectivity index (χ1) is 12.0. The van der Waals surface area contributed by atoms with Crippen molar-refractivity contribution in [1.82, 2.24) is 4.98 Å². The maximum absolute atomic E-state index is 13.4. The highest BCUT2D eigenvalue weighted by Gasteiger charge is 2.59. The predicted octanol–water partition coefficient (Wildman–Crippen LogP) is 2.96. The standard InChI is InChI=1S/C19H21BN2O3/c1-12-10-16-17(14(3)13(12)2)19(4,20-24-8-9-25-20)22(18(16)23)15-6-5-7-21-11-15/h5-7,10-11H,8-9H2,1-4H3. The number of pyridine rings is 1. The molecule has 1 atom stereocenters. The summed E-state index contributed by atoms with van der Waals surface area (Å²) in [7, 11) is -0.501. The smallest absolute Gasteiger partial charge is 0.407 e. The van der Waals surface area contributed by atoms with Crippen LogP contribution in [0.3, 0.4) is 0 Å². The van der Waals surface area contributed by atoms with Crippen molar-refractivity contribution in [2.45, 2.75) is 33.1 Å². The summed E-state index contributed by atoms with van der Waals surface area (Å²) in [5.74, 6) is -0.0317. The number of nitrogens with zero attached hydrogens (tertiary/aromatic N) is 2. The van der Waals surface area contributed by atoms with Crippen LogP contribution in [0.4, 0.5) is 5.69 Å². The van der Waals surface area contributed by atoms with Crippen LogP contribution >= 0.6 is 0 Å². The summed E-state index contributed by atoms with van der Waals surface area (Å²) >= 11 is 0. The highest BCUT2D eigenvalue weighted by Crippen LogP contribution is 2.47. The Labute approximate surface area is 148 Å². The van der Waals surface area contributed by atoms with E-state index in [0.29, 0.717) is 13.2 Å². The molecule has 0 bridgehead atoms. The Morgan fingerprint density at radius 1 is 1.20 bits per heavy atom. The lowest BCUT2D eigenvalue weighted by Gasteiger charge is -2.37. The Hall–Kier alpha value is -2.18. The van der Waals surface area contributed by atoms with E-state index < -0.39 is 12.6 Å². The minimum Gasteiger partial charge on any atom is -0.407 e. The maximum atomic E-state index is 13.4. The Morgan fingerprint density at radius 3 is 2.56 bits per heavy atom. The van der Waals surface area contributed by atoms with Gasteiger partial charge in [-0.25, -0.2) is 0 Å². The summed E-state index contributed by atoms with van der Waals surface area (Å²) in [6.45, 7) is 9.32. The number of anilines is 1. The van der Waals surface area contributed by atoms with Gasteiger partial charge in [-0.3, -0.25) is 14.7 Å². The van der Waals surface area contributed by atoms with Crippen LogP contribution < -0.4 is 4.90 Å². The number of fused-ring (bicyclic) bond motifs is 1. The summed E-state index contributed by atoms with van der Waals surface area (Å²) in [4.78, 5) is 19.4. The van der Waals surface area contributed by atoms with E-state index in [0.717, 1.165) is 27.9 Å². The van der Waals surface area contributed by atoms with Gasteiger partial charge < -0.3 is 9.31 Å². The highest BCUT2D eigenvalue weighted by atomic mass is 16.6. The van der Waals surface area contributed by atoms with Crippen molar-refractivity contribution < 1.29 is 14.1 Å². The third-order valence-corrected chi connectivity index (χ3v) is 5.55. The van der Waals surface area contributed by atoms with Gasteiger partial charge >= 0.3 is 7.12 Å². The molecule has 1 unspecified atom stereocenters. The third kappa shape index (κ3) is 2.17. The van der Waals surface area contributed by atoms with E-state index in [1.165, 1.54) is 5.56 Å². The molecule has 25 heavy (non-hydrogen) atoms. The van der Waals surface area contributed by atoms with E-state index in [1.54, 1.807) is 17.3 Å². The summed E-state index contributed by atoms with van der Waals surface area (Å²) in [6.07, 6.45) is 3.42. The molecule has 2 aliphatic heterocycles. The summed E-state index contributed by atoms with van der Waals surface area (Å²) in [6, 6.07) is 5.73. The lowest BCUT2D eigenvalue weighted by molar-refractivity contribution is 0.0983. The molecule has 6 heteroatoms. The normalized spacial score (nSPS) is 22.6. The Bertz CT molecular complexity index is 849. The fourth-order valence-corrected chi connectivity index (χ4v) is 4.12. The van der Waals surface area contributed by atoms with Gasteiger partial charge in [-0.2, -0.15) is 0 Å². The fraction of sp³-hybridized carbons (Fsp3) is 0.368. The number of carbonyl (C=O) groups is 1. The molecule has 128 valence electrons. The van der Waals surface area contributed by atoms with E-state index in [2.05, 4.69) is 18.8 Å². The van der Waals surface area contributed by atoms with Crippen LogP contribution in [0, 0.1) is 20.8 Å². The van der Waals surface area contributed by atoms with Crippen molar-refractivity contribution in [2.24, 2.45) is 0 Å². The van der Waals surface area contributed by atoms with Crippen LogP contribution in [-0.4, -0.2) is 31.2 Å². The second kappa shape index (κ2) is 5.68. The molecule has 2 aromatic rings. The molecule has 1 aromatic heterocycles. The average Bonchev–Trinajstić information content (AvgIpc) is 3.21. The second-order valence-electron chi connectivity index (χ2n) is 6.94. The van der Waals surface area contributed by atoms with E-state index in [4.69, 9.17) is 9.31 Å². The largest absolute Gasteiger partial charge is 0.489 e. The molecule has 1 amide bonds. The molecule has 3 heterocycles. The van der Waals surface area contributed by atoms with Gasteiger partial charge in [0.25, 0.3) is 5.91 Å². The van der Waals surface area contributed by atoms with Gasteiger partial charge in [0.15, 0.2) is 0 Å². The van der Waals surface area contributed by atoms with Gasteiger partial charge in [-0.1, -0.05) is 0 Å². The van der Waals surface area contributed by atoms with Crippen molar-refractivity contribution in [3.05, 3.63) is 58.4 Å². The monoisotopic (exact) mass is 336 g/mol. The molecule has 2 aliphatic rings. The van der Waals surface area contributed by atoms with E-state index >= 15 is 0 Å². The van der Waals surface area contributed by atoms with Crippen molar-refractivity contribution in [3.63, 3.8) is 0 Å². The molecule has 5 nitrogen and oxygen atoms in total. The summed E-state index contributed by atoms with van der Waals surface area (Å²) in [5, 5.41) is 0.